The van der Waals surface area contributed by atoms with Crippen molar-refractivity contribution in [1.29, 1.82) is 0 Å². The van der Waals surface area contributed by atoms with Crippen molar-refractivity contribution in [2.45, 2.75) is 38.6 Å². The number of nitrogens with one attached hydrogen (secondary N) is 1. The summed E-state index contributed by atoms with van der Waals surface area (Å²) in [5.41, 5.74) is 6.79. The second-order valence-corrected chi connectivity index (χ2v) is 5.21. The van der Waals surface area contributed by atoms with Gasteiger partial charge < -0.3 is 20.7 Å². The van der Waals surface area contributed by atoms with E-state index in [4.69, 9.17) is 10.5 Å². The van der Waals surface area contributed by atoms with Crippen molar-refractivity contribution in [3.05, 3.63) is 5.69 Å². The maximum absolute atomic E-state index is 5.87. The standard InChI is InChI=1S/C14H25N5O/c1-4-5-6-11-12(20-3)13(18-14(15)17-11)19-8-7-10(9-19)16-2/h10,16H,4-9H2,1-3H3,(H2,15,17,18)/t10-/m1/s1. The Balaban J connectivity index is 2.29. The fraction of sp³-hybridized carbons (Fsp3) is 0.714. The summed E-state index contributed by atoms with van der Waals surface area (Å²) in [5.74, 6) is 1.95. The number of anilines is 2. The second-order valence-electron chi connectivity index (χ2n) is 5.21. The molecule has 6 nitrogen and oxygen atoms in total. The van der Waals surface area contributed by atoms with Crippen molar-refractivity contribution in [3.8, 4) is 5.75 Å². The number of rotatable bonds is 6. The van der Waals surface area contributed by atoms with Crippen LogP contribution >= 0.6 is 0 Å². The summed E-state index contributed by atoms with van der Waals surface area (Å²) in [6, 6.07) is 0.495. The number of unbranched alkanes of at least 4 members (excludes halogenated alkanes) is 1. The van der Waals surface area contributed by atoms with E-state index in [0.29, 0.717) is 12.0 Å². The van der Waals surface area contributed by atoms with Crippen LogP contribution in [0.1, 0.15) is 31.9 Å². The summed E-state index contributed by atoms with van der Waals surface area (Å²) in [6.45, 7) is 4.05. The molecular formula is C14H25N5O. The quantitative estimate of drug-likeness (QED) is 0.815. The predicted molar refractivity (Wildman–Crippen MR) is 81.3 cm³/mol. The monoisotopic (exact) mass is 279 g/mol. The van der Waals surface area contributed by atoms with Gasteiger partial charge in [0, 0.05) is 19.1 Å². The molecule has 1 aromatic rings. The van der Waals surface area contributed by atoms with E-state index in [1.165, 1.54) is 0 Å². The van der Waals surface area contributed by atoms with E-state index in [0.717, 1.165) is 56.0 Å². The maximum Gasteiger partial charge on any atom is 0.222 e. The molecule has 0 unspecified atom stereocenters. The number of aryl methyl sites for hydroxylation is 1. The van der Waals surface area contributed by atoms with Crippen molar-refractivity contribution in [3.63, 3.8) is 0 Å². The van der Waals surface area contributed by atoms with Crippen LogP contribution in [-0.4, -0.2) is 43.3 Å². The van der Waals surface area contributed by atoms with Gasteiger partial charge in [-0.3, -0.25) is 0 Å². The molecule has 3 N–H and O–H groups in total. The Bertz CT molecular complexity index is 451. The largest absolute Gasteiger partial charge is 0.491 e. The molecule has 0 amide bonds. The van der Waals surface area contributed by atoms with Gasteiger partial charge in [-0.2, -0.15) is 4.98 Å². The molecule has 1 atom stereocenters. The first kappa shape index (κ1) is 14.8. The molecule has 2 heterocycles. The Hall–Kier alpha value is -1.56. The number of nitrogens with two attached hydrogens (primary N) is 1. The first-order valence-electron chi connectivity index (χ1n) is 7.32. The van der Waals surface area contributed by atoms with Crippen molar-refractivity contribution < 1.29 is 4.74 Å². The van der Waals surface area contributed by atoms with Crippen LogP contribution in [0, 0.1) is 0 Å². The smallest absolute Gasteiger partial charge is 0.222 e. The molecule has 1 saturated heterocycles. The van der Waals surface area contributed by atoms with Crippen LogP contribution in [0.15, 0.2) is 0 Å². The zero-order valence-electron chi connectivity index (χ0n) is 12.6. The molecule has 1 fully saturated rings. The van der Waals surface area contributed by atoms with Gasteiger partial charge in [0.25, 0.3) is 0 Å². The molecule has 0 bridgehead atoms. The molecular weight excluding hydrogens is 254 g/mol. The summed E-state index contributed by atoms with van der Waals surface area (Å²) in [4.78, 5) is 11.0. The third kappa shape index (κ3) is 3.12. The second kappa shape index (κ2) is 6.74. The Kier molecular flexibility index (Phi) is 5.00. The Labute approximate surface area is 120 Å². The molecule has 2 rings (SSSR count). The van der Waals surface area contributed by atoms with Gasteiger partial charge in [0.05, 0.1) is 12.8 Å². The zero-order chi connectivity index (χ0) is 14.5. The molecule has 112 valence electrons. The molecule has 1 aliphatic rings. The number of hydrogen-bond acceptors (Lipinski definition) is 6. The molecule has 6 heteroatoms. The summed E-state index contributed by atoms with van der Waals surface area (Å²) < 4.78 is 5.57. The lowest BCUT2D eigenvalue weighted by atomic mass is 10.2. The van der Waals surface area contributed by atoms with Crippen LogP contribution in [0.4, 0.5) is 11.8 Å². The average Bonchev–Trinajstić information content (AvgIpc) is 2.93. The number of ether oxygens (including phenoxy) is 1. The van der Waals surface area contributed by atoms with Crippen LogP contribution < -0.4 is 20.7 Å². The van der Waals surface area contributed by atoms with Crippen LogP contribution in [0.25, 0.3) is 0 Å². The number of hydrogen-bond donors (Lipinski definition) is 2. The highest BCUT2D eigenvalue weighted by Crippen LogP contribution is 2.32. The Morgan fingerprint density at radius 2 is 2.25 bits per heavy atom. The lowest BCUT2D eigenvalue weighted by Gasteiger charge is -2.21. The highest BCUT2D eigenvalue weighted by Gasteiger charge is 2.26. The highest BCUT2D eigenvalue weighted by molar-refractivity contribution is 5.58. The third-order valence-corrected chi connectivity index (χ3v) is 3.80. The van der Waals surface area contributed by atoms with Crippen molar-refractivity contribution >= 4 is 11.8 Å². The summed E-state index contributed by atoms with van der Waals surface area (Å²) in [5, 5.41) is 3.31. The molecule has 0 aliphatic carbocycles. The first-order chi connectivity index (χ1) is 9.69. The number of methoxy groups -OCH3 is 1. The third-order valence-electron chi connectivity index (χ3n) is 3.80. The highest BCUT2D eigenvalue weighted by atomic mass is 16.5. The SMILES string of the molecule is CCCCc1nc(N)nc(N2CC[C@@H](NC)C2)c1OC. The molecule has 1 aromatic heterocycles. The van der Waals surface area contributed by atoms with Crippen molar-refractivity contribution in [1.82, 2.24) is 15.3 Å². The lowest BCUT2D eigenvalue weighted by molar-refractivity contribution is 0.404. The topological polar surface area (TPSA) is 76.3 Å². The number of nitrogen functional groups attached to an aromatic ring is 1. The molecule has 1 aliphatic heterocycles. The Morgan fingerprint density at radius 1 is 1.45 bits per heavy atom. The van der Waals surface area contributed by atoms with Crippen LogP contribution in [0.2, 0.25) is 0 Å². The van der Waals surface area contributed by atoms with E-state index in [-0.39, 0.29) is 0 Å². The molecule has 0 radical (unpaired) electrons. The van der Waals surface area contributed by atoms with E-state index in [2.05, 4.69) is 27.1 Å². The van der Waals surface area contributed by atoms with E-state index in [1.54, 1.807) is 7.11 Å². The summed E-state index contributed by atoms with van der Waals surface area (Å²) in [7, 11) is 3.67. The molecule has 0 aromatic carbocycles. The summed E-state index contributed by atoms with van der Waals surface area (Å²) >= 11 is 0. The van der Waals surface area contributed by atoms with Gasteiger partial charge in [0.2, 0.25) is 5.95 Å². The van der Waals surface area contributed by atoms with Gasteiger partial charge >= 0.3 is 0 Å². The first-order valence-corrected chi connectivity index (χ1v) is 7.32. The van der Waals surface area contributed by atoms with Crippen molar-refractivity contribution in [2.24, 2.45) is 0 Å². The number of aromatic nitrogens is 2. The normalized spacial score (nSPS) is 18.6. The van der Waals surface area contributed by atoms with Gasteiger partial charge in [-0.1, -0.05) is 13.3 Å². The van der Waals surface area contributed by atoms with Crippen LogP contribution in [0.5, 0.6) is 5.75 Å². The number of likely N-dealkylation sites (N-methyl/N-ethyl adjacent to an activating group) is 1. The van der Waals surface area contributed by atoms with Crippen LogP contribution in [-0.2, 0) is 6.42 Å². The lowest BCUT2D eigenvalue weighted by Crippen LogP contribution is -2.30. The minimum absolute atomic E-state index is 0.333. The van der Waals surface area contributed by atoms with E-state index < -0.39 is 0 Å². The molecule has 20 heavy (non-hydrogen) atoms. The van der Waals surface area contributed by atoms with Gasteiger partial charge in [-0.05, 0) is 26.3 Å². The minimum Gasteiger partial charge on any atom is -0.491 e. The van der Waals surface area contributed by atoms with Crippen LogP contribution in [0.3, 0.4) is 0 Å². The predicted octanol–water partition coefficient (Wildman–Crippen LogP) is 1.21. The number of nitrogens with zero attached hydrogens (tertiary/aromatic N) is 3. The van der Waals surface area contributed by atoms with Gasteiger partial charge in [-0.25, -0.2) is 4.98 Å². The van der Waals surface area contributed by atoms with Gasteiger partial charge in [-0.15, -0.1) is 0 Å². The maximum atomic E-state index is 5.87. The fourth-order valence-electron chi connectivity index (χ4n) is 2.63. The van der Waals surface area contributed by atoms with Gasteiger partial charge in [0.1, 0.15) is 0 Å². The zero-order valence-corrected chi connectivity index (χ0v) is 12.6. The fourth-order valence-corrected chi connectivity index (χ4v) is 2.63. The van der Waals surface area contributed by atoms with E-state index in [1.807, 2.05) is 7.05 Å². The van der Waals surface area contributed by atoms with Gasteiger partial charge in [0.15, 0.2) is 11.6 Å². The Morgan fingerprint density at radius 3 is 2.85 bits per heavy atom. The average molecular weight is 279 g/mol. The van der Waals surface area contributed by atoms with E-state index in [9.17, 15) is 0 Å². The minimum atomic E-state index is 0.333. The summed E-state index contributed by atoms with van der Waals surface area (Å²) in [6.07, 6.45) is 4.18. The molecule has 0 spiro atoms. The molecule has 0 saturated carbocycles. The van der Waals surface area contributed by atoms with E-state index >= 15 is 0 Å². The van der Waals surface area contributed by atoms with Crippen molar-refractivity contribution in [2.75, 3.05) is 37.9 Å².